The third kappa shape index (κ3) is 3.12. The molecule has 0 radical (unpaired) electrons. The summed E-state index contributed by atoms with van der Waals surface area (Å²) in [5.41, 5.74) is 2.13. The molecule has 0 unspecified atom stereocenters. The summed E-state index contributed by atoms with van der Waals surface area (Å²) < 4.78 is 25.3. The van der Waals surface area contributed by atoms with E-state index in [2.05, 4.69) is 24.3 Å². The zero-order valence-corrected chi connectivity index (χ0v) is 14.7. The van der Waals surface area contributed by atoms with Crippen molar-refractivity contribution in [1.82, 2.24) is 0 Å². The Morgan fingerprint density at radius 1 is 0.577 bits per heavy atom. The third-order valence-corrected chi connectivity index (χ3v) is 5.59. The average molecular weight is 348 g/mol. The Bertz CT molecular complexity index is 666. The van der Waals surface area contributed by atoms with Crippen LogP contribution in [0.5, 0.6) is 0 Å². The van der Waals surface area contributed by atoms with Crippen molar-refractivity contribution in [2.75, 3.05) is 0 Å². The summed E-state index contributed by atoms with van der Waals surface area (Å²) in [6.07, 6.45) is 4.24. The molecule has 26 heavy (non-hydrogen) atoms. The van der Waals surface area contributed by atoms with Gasteiger partial charge in [-0.3, -0.25) is 0 Å². The van der Waals surface area contributed by atoms with Crippen LogP contribution in [-0.2, 0) is 18.6 Å². The SMILES string of the molecule is c1ccc(B2O[C@H]3[C@@H]4OB(c5ccccc5)O[C@@H]4CCCC[C@H]3O2)cc1. The van der Waals surface area contributed by atoms with Crippen LogP contribution in [0.15, 0.2) is 60.7 Å². The van der Waals surface area contributed by atoms with Crippen LogP contribution < -0.4 is 10.9 Å². The van der Waals surface area contributed by atoms with E-state index in [9.17, 15) is 0 Å². The maximum Gasteiger partial charge on any atom is 0.494 e. The second-order valence-electron chi connectivity index (χ2n) is 7.32. The Morgan fingerprint density at radius 2 is 1.00 bits per heavy atom. The van der Waals surface area contributed by atoms with E-state index >= 15 is 0 Å². The molecule has 2 aliphatic heterocycles. The lowest BCUT2D eigenvalue weighted by atomic mass is 9.79. The topological polar surface area (TPSA) is 36.9 Å². The molecule has 6 heteroatoms. The number of hydrogen-bond acceptors (Lipinski definition) is 4. The minimum absolute atomic E-state index is 0.0612. The maximum atomic E-state index is 6.36. The van der Waals surface area contributed by atoms with Gasteiger partial charge in [0.05, 0.1) is 24.4 Å². The molecular weight excluding hydrogens is 326 g/mol. The molecule has 2 aromatic rings. The van der Waals surface area contributed by atoms with Crippen molar-refractivity contribution in [3.8, 4) is 0 Å². The van der Waals surface area contributed by atoms with Crippen LogP contribution in [0.1, 0.15) is 25.7 Å². The van der Waals surface area contributed by atoms with E-state index in [1.54, 1.807) is 0 Å². The molecular formula is C20H22B2O4. The highest BCUT2D eigenvalue weighted by Crippen LogP contribution is 2.35. The van der Waals surface area contributed by atoms with Gasteiger partial charge in [0.2, 0.25) is 0 Å². The Morgan fingerprint density at radius 3 is 1.42 bits per heavy atom. The summed E-state index contributed by atoms with van der Waals surface area (Å²) in [5.74, 6) is 0. The first-order valence-electron chi connectivity index (χ1n) is 9.60. The van der Waals surface area contributed by atoms with E-state index in [1.165, 1.54) is 0 Å². The van der Waals surface area contributed by atoms with E-state index in [0.29, 0.717) is 0 Å². The summed E-state index contributed by atoms with van der Waals surface area (Å²) >= 11 is 0. The Balaban J connectivity index is 1.38. The molecule has 2 heterocycles. The van der Waals surface area contributed by atoms with E-state index < -0.39 is 0 Å². The van der Waals surface area contributed by atoms with Gasteiger partial charge in [-0.25, -0.2) is 0 Å². The highest BCUT2D eigenvalue weighted by molar-refractivity contribution is 6.62. The predicted molar refractivity (Wildman–Crippen MR) is 102 cm³/mol. The smallest absolute Gasteiger partial charge is 0.402 e. The normalized spacial score (nSPS) is 31.2. The van der Waals surface area contributed by atoms with Gasteiger partial charge in [-0.2, -0.15) is 0 Å². The van der Waals surface area contributed by atoms with Crippen molar-refractivity contribution in [1.29, 1.82) is 0 Å². The van der Waals surface area contributed by atoms with Crippen molar-refractivity contribution < 1.29 is 18.6 Å². The summed E-state index contributed by atoms with van der Waals surface area (Å²) in [4.78, 5) is 0. The number of fused-ring (bicyclic) bond motifs is 3. The summed E-state index contributed by atoms with van der Waals surface area (Å²) in [5, 5.41) is 0. The van der Waals surface area contributed by atoms with Crippen molar-refractivity contribution in [2.45, 2.75) is 50.1 Å². The first-order valence-corrected chi connectivity index (χ1v) is 9.60. The minimum Gasteiger partial charge on any atom is -0.402 e. The summed E-state index contributed by atoms with van der Waals surface area (Å²) in [6.45, 7) is 0. The van der Waals surface area contributed by atoms with Crippen molar-refractivity contribution in [2.24, 2.45) is 0 Å². The molecule has 3 aliphatic rings. The molecule has 0 bridgehead atoms. The first kappa shape index (κ1) is 16.6. The molecule has 132 valence electrons. The monoisotopic (exact) mass is 348 g/mol. The summed E-state index contributed by atoms with van der Waals surface area (Å²) in [6, 6.07) is 20.3. The third-order valence-electron chi connectivity index (χ3n) is 5.59. The van der Waals surface area contributed by atoms with Gasteiger partial charge in [-0.1, -0.05) is 73.5 Å². The van der Waals surface area contributed by atoms with Gasteiger partial charge in [0.1, 0.15) is 0 Å². The molecule has 3 fully saturated rings. The van der Waals surface area contributed by atoms with Gasteiger partial charge in [0.15, 0.2) is 0 Å². The molecule has 0 spiro atoms. The molecule has 1 saturated carbocycles. The predicted octanol–water partition coefficient (Wildman–Crippen LogP) is 1.92. The van der Waals surface area contributed by atoms with Crippen LogP contribution in [0.2, 0.25) is 0 Å². The number of benzene rings is 2. The number of rotatable bonds is 2. The Kier molecular flexibility index (Phi) is 4.59. The fourth-order valence-corrected chi connectivity index (χ4v) is 4.27. The lowest BCUT2D eigenvalue weighted by molar-refractivity contribution is 0.00302. The van der Waals surface area contributed by atoms with Crippen LogP contribution in [0.4, 0.5) is 0 Å². The quantitative estimate of drug-likeness (QED) is 0.778. The molecule has 5 rings (SSSR count). The Labute approximate surface area is 155 Å². The highest BCUT2D eigenvalue weighted by atomic mass is 16.7. The molecule has 0 N–H and O–H groups in total. The molecule has 0 aromatic heterocycles. The zero-order valence-electron chi connectivity index (χ0n) is 14.7. The van der Waals surface area contributed by atoms with Crippen molar-refractivity contribution in [3.05, 3.63) is 60.7 Å². The lowest BCUT2D eigenvalue weighted by Gasteiger charge is -2.30. The number of hydrogen-bond donors (Lipinski definition) is 0. The second kappa shape index (κ2) is 7.20. The second-order valence-corrected chi connectivity index (χ2v) is 7.32. The molecule has 2 aromatic carbocycles. The van der Waals surface area contributed by atoms with Crippen molar-refractivity contribution >= 4 is 25.2 Å². The van der Waals surface area contributed by atoms with Crippen LogP contribution in [0.25, 0.3) is 0 Å². The molecule has 4 nitrogen and oxygen atoms in total. The van der Waals surface area contributed by atoms with E-state index in [0.717, 1.165) is 36.6 Å². The van der Waals surface area contributed by atoms with Crippen LogP contribution >= 0.6 is 0 Å². The fraction of sp³-hybridized carbons (Fsp3) is 0.400. The maximum absolute atomic E-state index is 6.36. The van der Waals surface area contributed by atoms with Gasteiger partial charge >= 0.3 is 14.2 Å². The van der Waals surface area contributed by atoms with E-state index in [-0.39, 0.29) is 38.7 Å². The van der Waals surface area contributed by atoms with Gasteiger partial charge in [0.25, 0.3) is 0 Å². The fourth-order valence-electron chi connectivity index (χ4n) is 4.27. The zero-order chi connectivity index (χ0) is 17.3. The highest BCUT2D eigenvalue weighted by Gasteiger charge is 2.52. The minimum atomic E-state index is -0.315. The molecule has 2 saturated heterocycles. The molecule has 1 aliphatic carbocycles. The average Bonchev–Trinajstić information content (AvgIpc) is 3.29. The van der Waals surface area contributed by atoms with Gasteiger partial charge in [-0.05, 0) is 23.8 Å². The van der Waals surface area contributed by atoms with E-state index in [1.807, 2.05) is 36.4 Å². The van der Waals surface area contributed by atoms with Gasteiger partial charge in [-0.15, -0.1) is 0 Å². The van der Waals surface area contributed by atoms with E-state index in [4.69, 9.17) is 18.6 Å². The lowest BCUT2D eigenvalue weighted by Crippen LogP contribution is -2.43. The van der Waals surface area contributed by atoms with Crippen LogP contribution in [0, 0.1) is 0 Å². The first-order chi connectivity index (χ1) is 12.9. The van der Waals surface area contributed by atoms with Gasteiger partial charge < -0.3 is 18.6 Å². The largest absolute Gasteiger partial charge is 0.494 e. The molecule has 0 amide bonds. The standard InChI is InChI=1S/C20H22B2O4/c1-3-9-15(10-4-1)21-23-17-13-7-8-14-18-20(19(17)25-21)26-22(24-18)16-11-5-2-6-12-16/h1-6,9-12,17-20H,7-8,13-14H2/t17-,18-,19-,20-/m1/s1. The van der Waals surface area contributed by atoms with Crippen LogP contribution in [0.3, 0.4) is 0 Å². The van der Waals surface area contributed by atoms with Crippen LogP contribution in [-0.4, -0.2) is 38.7 Å². The van der Waals surface area contributed by atoms with Crippen molar-refractivity contribution in [3.63, 3.8) is 0 Å². The molecule has 4 atom stereocenters. The Hall–Kier alpha value is -1.59. The van der Waals surface area contributed by atoms with Gasteiger partial charge in [0, 0.05) is 0 Å². The summed E-state index contributed by atoms with van der Waals surface area (Å²) in [7, 11) is -0.631.